The first-order valence-corrected chi connectivity index (χ1v) is 14.4. The van der Waals surface area contributed by atoms with E-state index in [1.807, 2.05) is 26.0 Å². The molecule has 3 fully saturated rings. The molecular formula is C32H41N3O3. The van der Waals surface area contributed by atoms with Gasteiger partial charge in [-0.2, -0.15) is 5.26 Å². The second-order valence-corrected chi connectivity index (χ2v) is 15.1. The van der Waals surface area contributed by atoms with Crippen LogP contribution < -0.4 is 0 Å². The van der Waals surface area contributed by atoms with Crippen LogP contribution in [0.4, 0.5) is 0 Å². The number of fused-ring (bicyclic) bond motifs is 7. The molecule has 0 saturated heterocycles. The van der Waals surface area contributed by atoms with E-state index in [0.717, 1.165) is 50.5 Å². The van der Waals surface area contributed by atoms with E-state index >= 15 is 0 Å². The van der Waals surface area contributed by atoms with Crippen LogP contribution in [0.25, 0.3) is 0 Å². The first-order valence-electron chi connectivity index (χ1n) is 14.4. The molecular weight excluding hydrogens is 474 g/mol. The minimum atomic E-state index is -0.641. The molecule has 0 spiro atoms. The summed E-state index contributed by atoms with van der Waals surface area (Å²) >= 11 is 0. The Morgan fingerprint density at radius 3 is 2.37 bits per heavy atom. The smallest absolute Gasteiger partial charge is 0.222 e. The zero-order valence-corrected chi connectivity index (χ0v) is 24.0. The third kappa shape index (κ3) is 2.94. The number of nitriles is 1. The Balaban J connectivity index is 1.49. The van der Waals surface area contributed by atoms with Gasteiger partial charge in [-0.3, -0.25) is 9.59 Å². The highest BCUT2D eigenvalue weighted by atomic mass is 16.4. The van der Waals surface area contributed by atoms with Gasteiger partial charge in [-0.05, 0) is 79.1 Å². The fraction of sp³-hybridized carbons (Fsp3) is 0.719. The number of nitrogens with zero attached hydrogens (tertiary/aromatic N) is 3. The second kappa shape index (κ2) is 7.55. The number of rotatable bonds is 1. The molecule has 0 unspecified atom stereocenters. The van der Waals surface area contributed by atoms with Gasteiger partial charge < -0.3 is 4.42 Å². The van der Waals surface area contributed by atoms with E-state index in [2.05, 4.69) is 50.9 Å². The van der Waals surface area contributed by atoms with Crippen molar-refractivity contribution in [1.29, 1.82) is 5.26 Å². The molecule has 202 valence electrons. The Hall–Kier alpha value is -2.55. The molecule has 5 aliphatic rings. The maximum atomic E-state index is 14.4. The van der Waals surface area contributed by atoms with Gasteiger partial charge in [0.15, 0.2) is 11.6 Å². The van der Waals surface area contributed by atoms with Gasteiger partial charge >= 0.3 is 0 Å². The molecule has 38 heavy (non-hydrogen) atoms. The van der Waals surface area contributed by atoms with Gasteiger partial charge in [0.1, 0.15) is 6.07 Å². The van der Waals surface area contributed by atoms with Crippen molar-refractivity contribution in [2.45, 2.75) is 98.8 Å². The van der Waals surface area contributed by atoms with Crippen LogP contribution in [0, 0.1) is 56.2 Å². The number of aromatic nitrogens is 2. The fourth-order valence-electron chi connectivity index (χ4n) is 10.3. The Morgan fingerprint density at radius 2 is 1.71 bits per heavy atom. The normalized spacial score (nSPS) is 47.5. The van der Waals surface area contributed by atoms with Gasteiger partial charge in [-0.15, -0.1) is 10.2 Å². The van der Waals surface area contributed by atoms with E-state index in [0.29, 0.717) is 5.89 Å². The van der Waals surface area contributed by atoms with Crippen LogP contribution in [-0.4, -0.2) is 21.8 Å². The maximum absolute atomic E-state index is 14.4. The van der Waals surface area contributed by atoms with Gasteiger partial charge in [-0.25, -0.2) is 0 Å². The SMILES string of the molecule is CC1(C)C(=O)C(C#N)=C[C@]2(C)C3=CC(=O)[C@@H]4[C@@H]5C[C@@](C)(c6nnco6)CC[C@]5(C)CC[C@@]4(C)[C@]3(C)CC[C@@H]12. The minimum absolute atomic E-state index is 0.0612. The largest absolute Gasteiger partial charge is 0.427 e. The van der Waals surface area contributed by atoms with Crippen molar-refractivity contribution in [2.24, 2.45) is 44.8 Å². The number of hydrogen-bond acceptors (Lipinski definition) is 6. The van der Waals surface area contributed by atoms with E-state index in [9.17, 15) is 14.9 Å². The van der Waals surface area contributed by atoms with Crippen molar-refractivity contribution >= 4 is 11.6 Å². The first kappa shape index (κ1) is 25.7. The van der Waals surface area contributed by atoms with Crippen LogP contribution in [0.5, 0.6) is 0 Å². The van der Waals surface area contributed by atoms with Crippen molar-refractivity contribution in [3.63, 3.8) is 0 Å². The highest BCUT2D eigenvalue weighted by Gasteiger charge is 2.69. The molecule has 5 aliphatic carbocycles. The summed E-state index contributed by atoms with van der Waals surface area (Å²) < 4.78 is 5.72. The Morgan fingerprint density at radius 1 is 1.00 bits per heavy atom. The highest BCUT2D eigenvalue weighted by molar-refractivity contribution is 6.04. The number of ketones is 2. The molecule has 0 amide bonds. The lowest BCUT2D eigenvalue weighted by Crippen LogP contribution is -2.64. The van der Waals surface area contributed by atoms with Crippen LogP contribution in [0.1, 0.15) is 99.3 Å². The number of allylic oxidation sites excluding steroid dienone is 4. The molecule has 0 bridgehead atoms. The summed E-state index contributed by atoms with van der Waals surface area (Å²) in [6.45, 7) is 15.5. The summed E-state index contributed by atoms with van der Waals surface area (Å²) in [6, 6.07) is 2.20. The standard InChI is InChI=1S/C32H41N3O3/c1-27(2)22-8-9-31(6)23(30(22,5)15-19(17-33)25(27)37)14-21(36)24-20-16-29(4,26-35-34-18-38-26)11-10-28(20,3)12-13-32(24,31)7/h14-15,18,20,22,24H,8-13,16H2,1-7H3/t20-,22-,24-,28+,29-,30-,31+,32+/m0/s1. The molecule has 1 aromatic heterocycles. The van der Waals surface area contributed by atoms with Crippen LogP contribution in [0.2, 0.25) is 0 Å². The van der Waals surface area contributed by atoms with E-state index in [-0.39, 0.29) is 56.6 Å². The predicted molar refractivity (Wildman–Crippen MR) is 142 cm³/mol. The molecule has 0 N–H and O–H groups in total. The number of carbonyl (C=O) groups is 2. The summed E-state index contributed by atoms with van der Waals surface area (Å²) in [7, 11) is 0. The first-order chi connectivity index (χ1) is 17.7. The Kier molecular flexibility index (Phi) is 5.11. The van der Waals surface area contributed by atoms with E-state index < -0.39 is 10.8 Å². The summed E-state index contributed by atoms with van der Waals surface area (Å²) in [6.07, 6.45) is 12.2. The van der Waals surface area contributed by atoms with Crippen molar-refractivity contribution in [3.8, 4) is 6.07 Å². The quantitative estimate of drug-likeness (QED) is 0.421. The third-order valence-corrected chi connectivity index (χ3v) is 12.9. The predicted octanol–water partition coefficient (Wildman–Crippen LogP) is 6.54. The summed E-state index contributed by atoms with van der Waals surface area (Å²) in [4.78, 5) is 27.7. The molecule has 0 aromatic carbocycles. The van der Waals surface area contributed by atoms with Crippen LogP contribution in [0.3, 0.4) is 0 Å². The monoisotopic (exact) mass is 515 g/mol. The molecule has 3 saturated carbocycles. The average Bonchev–Trinajstić information content (AvgIpc) is 3.40. The van der Waals surface area contributed by atoms with Crippen LogP contribution in [-0.2, 0) is 15.0 Å². The molecule has 0 radical (unpaired) electrons. The zero-order chi connectivity index (χ0) is 27.5. The Bertz CT molecular complexity index is 1330. The van der Waals surface area contributed by atoms with Crippen molar-refractivity contribution in [3.05, 3.63) is 35.6 Å². The van der Waals surface area contributed by atoms with Crippen molar-refractivity contribution < 1.29 is 14.0 Å². The second-order valence-electron chi connectivity index (χ2n) is 15.1. The number of hydrogen-bond donors (Lipinski definition) is 0. The molecule has 6 rings (SSSR count). The van der Waals surface area contributed by atoms with Gasteiger partial charge in [0, 0.05) is 22.2 Å². The molecule has 6 nitrogen and oxygen atoms in total. The van der Waals surface area contributed by atoms with Gasteiger partial charge in [0.2, 0.25) is 12.3 Å². The lowest BCUT2D eigenvalue weighted by Gasteiger charge is -2.69. The van der Waals surface area contributed by atoms with Gasteiger partial charge in [-0.1, -0.05) is 60.1 Å². The van der Waals surface area contributed by atoms with Crippen LogP contribution >= 0.6 is 0 Å². The minimum Gasteiger partial charge on any atom is -0.427 e. The van der Waals surface area contributed by atoms with E-state index in [1.54, 1.807) is 0 Å². The summed E-state index contributed by atoms with van der Waals surface area (Å²) in [5, 5.41) is 18.2. The lowest BCUT2D eigenvalue weighted by molar-refractivity contribution is -0.166. The summed E-state index contributed by atoms with van der Waals surface area (Å²) in [5.74, 6) is 1.08. The van der Waals surface area contributed by atoms with E-state index in [4.69, 9.17) is 4.42 Å². The van der Waals surface area contributed by atoms with Crippen molar-refractivity contribution in [1.82, 2.24) is 10.2 Å². The van der Waals surface area contributed by atoms with E-state index in [1.165, 1.54) is 6.39 Å². The average molecular weight is 516 g/mol. The van der Waals surface area contributed by atoms with Crippen LogP contribution in [0.15, 0.2) is 34.1 Å². The van der Waals surface area contributed by atoms with Crippen molar-refractivity contribution in [2.75, 3.05) is 0 Å². The molecule has 6 heteroatoms. The molecule has 1 aromatic rings. The third-order valence-electron chi connectivity index (χ3n) is 12.9. The topological polar surface area (TPSA) is 96.8 Å². The number of Topliss-reactive ketones (excluding diaryl/α,β-unsaturated/α-hetero) is 1. The Labute approximate surface area is 226 Å². The summed E-state index contributed by atoms with van der Waals surface area (Å²) in [5.41, 5.74) is -0.255. The number of carbonyl (C=O) groups excluding carboxylic acids is 2. The van der Waals surface area contributed by atoms with Gasteiger partial charge in [0.05, 0.1) is 5.57 Å². The lowest BCUT2D eigenvalue weighted by atomic mass is 9.34. The fourth-order valence-corrected chi connectivity index (χ4v) is 10.3. The highest BCUT2D eigenvalue weighted by Crippen LogP contribution is 2.74. The zero-order valence-electron chi connectivity index (χ0n) is 24.0. The maximum Gasteiger partial charge on any atom is 0.222 e. The molecule has 1 heterocycles. The molecule has 0 aliphatic heterocycles. The molecule has 8 atom stereocenters. The van der Waals surface area contributed by atoms with Gasteiger partial charge in [0.25, 0.3) is 0 Å².